The van der Waals surface area contributed by atoms with E-state index in [2.05, 4.69) is 5.32 Å². The van der Waals surface area contributed by atoms with Gasteiger partial charge < -0.3 is 19.9 Å². The third kappa shape index (κ3) is 3.90. The molecule has 2 atom stereocenters. The average molecular weight is 368 g/mol. The van der Waals surface area contributed by atoms with Crippen molar-refractivity contribution in [1.29, 1.82) is 0 Å². The van der Waals surface area contributed by atoms with Crippen LogP contribution in [0.4, 0.5) is 5.69 Å². The summed E-state index contributed by atoms with van der Waals surface area (Å²) in [6, 6.07) is 5.93. The molecule has 0 aliphatic carbocycles. The van der Waals surface area contributed by atoms with Gasteiger partial charge in [-0.3, -0.25) is 9.59 Å². The summed E-state index contributed by atoms with van der Waals surface area (Å²) in [5.74, 6) is 0.465. The normalized spacial score (nSPS) is 23.4. The summed E-state index contributed by atoms with van der Waals surface area (Å²) in [7, 11) is 1.60. The monoisotopic (exact) mass is 367 g/mol. The number of methoxy groups -OCH3 is 1. The molecule has 2 fully saturated rings. The molecule has 1 aromatic rings. The summed E-state index contributed by atoms with van der Waals surface area (Å²) >= 11 is 0. The zero-order valence-corrected chi connectivity index (χ0v) is 15.8. The molecule has 2 aliphatic heterocycles. The molecule has 0 spiro atoms. The van der Waals surface area contributed by atoms with Crippen molar-refractivity contribution in [2.24, 2.45) is 5.92 Å². The minimum Gasteiger partial charge on any atom is -0.495 e. The fourth-order valence-electron chi connectivity index (χ4n) is 3.52. The maximum Gasteiger partial charge on any atom is 0.228 e. The van der Waals surface area contributed by atoms with E-state index < -0.39 is 0 Å². The predicted molar refractivity (Wildman–Crippen MR) is 99.5 cm³/mol. The summed E-state index contributed by atoms with van der Waals surface area (Å²) < 4.78 is 5.39. The molecular formula is C18H26ClN3O3. The van der Waals surface area contributed by atoms with E-state index in [0.29, 0.717) is 18.8 Å². The van der Waals surface area contributed by atoms with Crippen LogP contribution < -0.4 is 15.0 Å². The Morgan fingerprint density at radius 1 is 1.36 bits per heavy atom. The Hall–Kier alpha value is -1.79. The number of halogens is 1. The molecule has 1 unspecified atom stereocenters. The van der Waals surface area contributed by atoms with E-state index in [1.165, 1.54) is 0 Å². The number of benzene rings is 1. The van der Waals surface area contributed by atoms with E-state index in [9.17, 15) is 9.59 Å². The Morgan fingerprint density at radius 2 is 2.12 bits per heavy atom. The highest BCUT2D eigenvalue weighted by Crippen LogP contribution is 2.34. The van der Waals surface area contributed by atoms with Crippen LogP contribution in [0.2, 0.25) is 0 Å². The van der Waals surface area contributed by atoms with Crippen LogP contribution in [-0.2, 0) is 9.59 Å². The first kappa shape index (κ1) is 19.5. The lowest BCUT2D eigenvalue weighted by Crippen LogP contribution is -2.54. The minimum absolute atomic E-state index is 0. The SMILES string of the molecule is COc1ccc(C)cc1N1CC(C(=O)N2CCNC[C@H]2C)CC1=O.Cl. The van der Waals surface area contributed by atoms with Gasteiger partial charge in [-0.2, -0.15) is 0 Å². The van der Waals surface area contributed by atoms with Gasteiger partial charge in [0.25, 0.3) is 0 Å². The fraction of sp³-hybridized carbons (Fsp3) is 0.556. The number of carbonyl (C=O) groups excluding carboxylic acids is 2. The van der Waals surface area contributed by atoms with Crippen molar-refractivity contribution < 1.29 is 14.3 Å². The van der Waals surface area contributed by atoms with Gasteiger partial charge in [0.2, 0.25) is 11.8 Å². The fourth-order valence-corrected chi connectivity index (χ4v) is 3.52. The number of ether oxygens (including phenoxy) is 1. The molecule has 2 aliphatic rings. The van der Waals surface area contributed by atoms with Crippen molar-refractivity contribution in [3.05, 3.63) is 23.8 Å². The van der Waals surface area contributed by atoms with Crippen LogP contribution in [-0.4, -0.2) is 56.0 Å². The van der Waals surface area contributed by atoms with Crippen molar-refractivity contribution >= 4 is 29.9 Å². The van der Waals surface area contributed by atoms with Gasteiger partial charge in [0.1, 0.15) is 5.75 Å². The maximum atomic E-state index is 12.8. The molecule has 25 heavy (non-hydrogen) atoms. The van der Waals surface area contributed by atoms with Gasteiger partial charge >= 0.3 is 0 Å². The zero-order chi connectivity index (χ0) is 17.3. The highest BCUT2D eigenvalue weighted by molar-refractivity contribution is 6.01. The first-order chi connectivity index (χ1) is 11.5. The Kier molecular flexibility index (Phi) is 6.30. The van der Waals surface area contributed by atoms with E-state index in [-0.39, 0.29) is 42.6 Å². The number of nitrogens with one attached hydrogen (secondary N) is 1. The standard InChI is InChI=1S/C18H25N3O3.ClH/c1-12-4-5-16(24-3)15(8-12)21-11-14(9-17(21)22)18(23)20-7-6-19-10-13(20)2;/h4-5,8,13-14,19H,6-7,9-11H2,1-3H3;1H/t13-,14?;/m1./s1. The van der Waals surface area contributed by atoms with Gasteiger partial charge in [-0.15, -0.1) is 12.4 Å². The number of hydrogen-bond donors (Lipinski definition) is 1. The molecule has 6 nitrogen and oxygen atoms in total. The molecule has 2 heterocycles. The molecular weight excluding hydrogens is 342 g/mol. The lowest BCUT2D eigenvalue weighted by atomic mass is 10.0. The van der Waals surface area contributed by atoms with Gasteiger partial charge in [-0.1, -0.05) is 6.07 Å². The lowest BCUT2D eigenvalue weighted by Gasteiger charge is -2.35. The number of amides is 2. The second kappa shape index (κ2) is 8.06. The quantitative estimate of drug-likeness (QED) is 0.881. The van der Waals surface area contributed by atoms with Crippen LogP contribution in [0.1, 0.15) is 18.9 Å². The molecule has 2 saturated heterocycles. The molecule has 0 saturated carbocycles. The third-order valence-corrected chi connectivity index (χ3v) is 4.88. The first-order valence-electron chi connectivity index (χ1n) is 8.47. The number of rotatable bonds is 3. The molecule has 0 aromatic heterocycles. The minimum atomic E-state index is -0.275. The Morgan fingerprint density at radius 3 is 2.80 bits per heavy atom. The van der Waals surface area contributed by atoms with Crippen LogP contribution in [0.3, 0.4) is 0 Å². The second-order valence-electron chi connectivity index (χ2n) is 6.67. The molecule has 1 aromatic carbocycles. The molecule has 1 N–H and O–H groups in total. The number of piperazine rings is 1. The van der Waals surface area contributed by atoms with Crippen LogP contribution in [0.5, 0.6) is 5.75 Å². The van der Waals surface area contributed by atoms with Gasteiger partial charge in [0.05, 0.1) is 18.7 Å². The molecule has 3 rings (SSSR count). The second-order valence-corrected chi connectivity index (χ2v) is 6.67. The topological polar surface area (TPSA) is 61.9 Å². The first-order valence-corrected chi connectivity index (χ1v) is 8.47. The summed E-state index contributed by atoms with van der Waals surface area (Å²) in [5, 5.41) is 3.29. The Labute approximate surface area is 154 Å². The van der Waals surface area contributed by atoms with E-state index >= 15 is 0 Å². The van der Waals surface area contributed by atoms with Gasteiger partial charge in [0, 0.05) is 38.6 Å². The van der Waals surface area contributed by atoms with Crippen LogP contribution in [0.25, 0.3) is 0 Å². The van der Waals surface area contributed by atoms with Crippen LogP contribution in [0.15, 0.2) is 18.2 Å². The zero-order valence-electron chi connectivity index (χ0n) is 14.9. The van der Waals surface area contributed by atoms with E-state index in [0.717, 1.165) is 24.3 Å². The number of carbonyl (C=O) groups is 2. The molecule has 0 bridgehead atoms. The number of nitrogens with zero attached hydrogens (tertiary/aromatic N) is 2. The van der Waals surface area contributed by atoms with Gasteiger partial charge in [0.15, 0.2) is 0 Å². The molecule has 7 heteroatoms. The van der Waals surface area contributed by atoms with E-state index in [4.69, 9.17) is 4.74 Å². The smallest absolute Gasteiger partial charge is 0.228 e. The van der Waals surface area contributed by atoms with Gasteiger partial charge in [-0.05, 0) is 31.5 Å². The summed E-state index contributed by atoms with van der Waals surface area (Å²) in [4.78, 5) is 29.0. The van der Waals surface area contributed by atoms with Gasteiger partial charge in [-0.25, -0.2) is 0 Å². The molecule has 2 amide bonds. The number of hydrogen-bond acceptors (Lipinski definition) is 4. The highest BCUT2D eigenvalue weighted by Gasteiger charge is 2.39. The predicted octanol–water partition coefficient (Wildman–Crippen LogP) is 1.60. The number of anilines is 1. The van der Waals surface area contributed by atoms with Crippen molar-refractivity contribution in [2.75, 3.05) is 38.2 Å². The third-order valence-electron chi connectivity index (χ3n) is 4.88. The maximum absolute atomic E-state index is 12.8. The van der Waals surface area contributed by atoms with Crippen LogP contribution in [0, 0.1) is 12.8 Å². The van der Waals surface area contributed by atoms with Crippen molar-refractivity contribution in [2.45, 2.75) is 26.3 Å². The van der Waals surface area contributed by atoms with E-state index in [1.54, 1.807) is 12.0 Å². The highest BCUT2D eigenvalue weighted by atomic mass is 35.5. The molecule has 138 valence electrons. The largest absolute Gasteiger partial charge is 0.495 e. The summed E-state index contributed by atoms with van der Waals surface area (Å²) in [6.45, 7) is 6.78. The van der Waals surface area contributed by atoms with Crippen molar-refractivity contribution in [3.8, 4) is 5.75 Å². The average Bonchev–Trinajstić information content (AvgIpc) is 2.96. The number of aryl methyl sites for hydroxylation is 1. The van der Waals surface area contributed by atoms with Crippen LogP contribution >= 0.6 is 12.4 Å². The summed E-state index contributed by atoms with van der Waals surface area (Å²) in [6.07, 6.45) is 0.270. The van der Waals surface area contributed by atoms with Crippen molar-refractivity contribution in [1.82, 2.24) is 10.2 Å². The summed E-state index contributed by atoms with van der Waals surface area (Å²) in [5.41, 5.74) is 1.82. The lowest BCUT2D eigenvalue weighted by molar-refractivity contribution is -0.138. The van der Waals surface area contributed by atoms with Crippen molar-refractivity contribution in [3.63, 3.8) is 0 Å². The molecule has 0 radical (unpaired) electrons. The van der Waals surface area contributed by atoms with E-state index in [1.807, 2.05) is 36.9 Å². The Bertz CT molecular complexity index is 652. The Balaban J connectivity index is 0.00000225.